The van der Waals surface area contributed by atoms with Crippen LogP contribution in [0.15, 0.2) is 23.2 Å². The summed E-state index contributed by atoms with van der Waals surface area (Å²) in [6, 6.07) is 3.28. The molecule has 15 heavy (non-hydrogen) atoms. The Hall–Kier alpha value is -2.11. The lowest BCUT2D eigenvalue weighted by atomic mass is 10.2. The van der Waals surface area contributed by atoms with Gasteiger partial charge in [-0.2, -0.15) is 4.99 Å². The first kappa shape index (κ1) is 11.0. The van der Waals surface area contributed by atoms with E-state index >= 15 is 0 Å². The zero-order valence-corrected chi connectivity index (χ0v) is 8.12. The van der Waals surface area contributed by atoms with Gasteiger partial charge in [0.2, 0.25) is 0 Å². The van der Waals surface area contributed by atoms with E-state index in [0.29, 0.717) is 11.3 Å². The molecule has 0 aliphatic heterocycles. The molecule has 0 radical (unpaired) electrons. The standard InChI is InChI=1S/C9H11FN4O/c1-5-4-6(10)2-3-7(5)13-9(15)14-8(11)12/h2-4H,1H3,(H5,11,12,13,14,15). The Morgan fingerprint density at radius 2 is 2.13 bits per heavy atom. The summed E-state index contributed by atoms with van der Waals surface area (Å²) in [6.07, 6.45) is 0. The minimum atomic E-state index is -0.690. The fraction of sp³-hybridized carbons (Fsp3) is 0.111. The molecule has 6 heteroatoms. The molecule has 0 unspecified atom stereocenters. The average Bonchev–Trinajstić information content (AvgIpc) is 2.08. The molecule has 2 amide bonds. The van der Waals surface area contributed by atoms with Crippen molar-refractivity contribution in [2.75, 3.05) is 5.32 Å². The number of halogens is 1. The van der Waals surface area contributed by atoms with Crippen LogP contribution in [0.1, 0.15) is 5.56 Å². The van der Waals surface area contributed by atoms with Crippen molar-refractivity contribution in [3.8, 4) is 0 Å². The van der Waals surface area contributed by atoms with Crippen LogP contribution in [0.25, 0.3) is 0 Å². The summed E-state index contributed by atoms with van der Waals surface area (Å²) in [5.41, 5.74) is 11.1. The van der Waals surface area contributed by atoms with Gasteiger partial charge in [0.25, 0.3) is 0 Å². The SMILES string of the molecule is Cc1cc(F)ccc1NC(=O)N=C(N)N. The van der Waals surface area contributed by atoms with Crippen LogP contribution < -0.4 is 16.8 Å². The van der Waals surface area contributed by atoms with Crippen molar-refractivity contribution in [1.82, 2.24) is 0 Å². The van der Waals surface area contributed by atoms with Crippen LogP contribution in [0.4, 0.5) is 14.9 Å². The topological polar surface area (TPSA) is 93.5 Å². The van der Waals surface area contributed by atoms with Crippen molar-refractivity contribution < 1.29 is 9.18 Å². The molecule has 0 aliphatic rings. The van der Waals surface area contributed by atoms with E-state index in [9.17, 15) is 9.18 Å². The van der Waals surface area contributed by atoms with Gasteiger partial charge in [-0.05, 0) is 30.7 Å². The molecule has 0 fully saturated rings. The molecule has 0 saturated carbocycles. The Bertz CT molecular complexity index is 413. The summed E-state index contributed by atoms with van der Waals surface area (Å²) in [6.45, 7) is 1.66. The number of anilines is 1. The molecule has 0 aromatic heterocycles. The minimum absolute atomic E-state index is 0.327. The van der Waals surface area contributed by atoms with Crippen LogP contribution in [0, 0.1) is 12.7 Å². The summed E-state index contributed by atoms with van der Waals surface area (Å²) in [4.78, 5) is 14.4. The lowest BCUT2D eigenvalue weighted by molar-refractivity contribution is 0.259. The van der Waals surface area contributed by atoms with E-state index in [4.69, 9.17) is 11.5 Å². The van der Waals surface area contributed by atoms with Crippen molar-refractivity contribution in [3.63, 3.8) is 0 Å². The summed E-state index contributed by atoms with van der Waals surface area (Å²) in [5.74, 6) is -0.695. The number of amides is 2. The lowest BCUT2D eigenvalue weighted by Crippen LogP contribution is -2.25. The third-order valence-electron chi connectivity index (χ3n) is 1.66. The largest absolute Gasteiger partial charge is 0.370 e. The molecule has 0 aliphatic carbocycles. The first-order valence-corrected chi connectivity index (χ1v) is 4.16. The number of hydrogen-bond donors (Lipinski definition) is 3. The molecule has 1 aromatic rings. The number of nitrogens with one attached hydrogen (secondary N) is 1. The Morgan fingerprint density at radius 3 is 2.67 bits per heavy atom. The van der Waals surface area contributed by atoms with Crippen molar-refractivity contribution in [2.45, 2.75) is 6.92 Å². The fourth-order valence-corrected chi connectivity index (χ4v) is 1.03. The first-order valence-electron chi connectivity index (χ1n) is 4.16. The van der Waals surface area contributed by atoms with Crippen molar-refractivity contribution in [1.29, 1.82) is 0 Å². The number of nitrogens with zero attached hydrogens (tertiary/aromatic N) is 1. The molecule has 0 atom stereocenters. The van der Waals surface area contributed by atoms with Crippen LogP contribution in [0.5, 0.6) is 0 Å². The molecular formula is C9H11FN4O. The van der Waals surface area contributed by atoms with Gasteiger partial charge in [-0.3, -0.25) is 0 Å². The van der Waals surface area contributed by atoms with Gasteiger partial charge < -0.3 is 16.8 Å². The van der Waals surface area contributed by atoms with Crippen LogP contribution in [-0.4, -0.2) is 12.0 Å². The summed E-state index contributed by atoms with van der Waals surface area (Å²) >= 11 is 0. The zero-order valence-electron chi connectivity index (χ0n) is 8.12. The second kappa shape index (κ2) is 4.41. The fourth-order valence-electron chi connectivity index (χ4n) is 1.03. The summed E-state index contributed by atoms with van der Waals surface area (Å²) in [5, 5.41) is 2.42. The van der Waals surface area contributed by atoms with Crippen molar-refractivity contribution >= 4 is 17.7 Å². The highest BCUT2D eigenvalue weighted by Gasteiger charge is 2.03. The molecule has 1 aromatic carbocycles. The normalized spacial score (nSPS) is 9.47. The number of carbonyl (C=O) groups excluding carboxylic acids is 1. The number of urea groups is 1. The Balaban J connectivity index is 2.82. The molecule has 5 N–H and O–H groups in total. The Kier molecular flexibility index (Phi) is 3.22. The maximum atomic E-state index is 12.7. The second-order valence-electron chi connectivity index (χ2n) is 2.93. The van der Waals surface area contributed by atoms with Crippen LogP contribution in [-0.2, 0) is 0 Å². The van der Waals surface area contributed by atoms with Crippen molar-refractivity contribution in [2.24, 2.45) is 16.5 Å². The maximum Gasteiger partial charge on any atom is 0.348 e. The van der Waals surface area contributed by atoms with Gasteiger partial charge >= 0.3 is 6.03 Å². The van der Waals surface area contributed by atoms with E-state index in [1.807, 2.05) is 0 Å². The number of aliphatic imine (C=N–C) groups is 1. The molecular weight excluding hydrogens is 199 g/mol. The average molecular weight is 210 g/mol. The zero-order chi connectivity index (χ0) is 11.4. The second-order valence-corrected chi connectivity index (χ2v) is 2.93. The number of hydrogen-bond acceptors (Lipinski definition) is 1. The molecule has 0 saturated heterocycles. The lowest BCUT2D eigenvalue weighted by Gasteiger charge is -2.05. The highest BCUT2D eigenvalue weighted by atomic mass is 19.1. The van der Waals surface area contributed by atoms with E-state index in [0.717, 1.165) is 0 Å². The molecule has 1 rings (SSSR count). The molecule has 80 valence electrons. The maximum absolute atomic E-state index is 12.7. The van der Waals surface area contributed by atoms with Gasteiger partial charge in [-0.25, -0.2) is 9.18 Å². The number of guanidine groups is 1. The third kappa shape index (κ3) is 3.26. The van der Waals surface area contributed by atoms with Gasteiger partial charge in [0, 0.05) is 5.69 Å². The van der Waals surface area contributed by atoms with Gasteiger partial charge in [0.1, 0.15) is 5.82 Å². The highest BCUT2D eigenvalue weighted by Crippen LogP contribution is 2.15. The first-order chi connectivity index (χ1) is 6.99. The van der Waals surface area contributed by atoms with Crippen molar-refractivity contribution in [3.05, 3.63) is 29.6 Å². The number of carbonyl (C=O) groups is 1. The van der Waals surface area contributed by atoms with E-state index in [1.165, 1.54) is 18.2 Å². The van der Waals surface area contributed by atoms with Gasteiger partial charge in [0.15, 0.2) is 5.96 Å². The molecule has 0 bridgehead atoms. The van der Waals surface area contributed by atoms with Gasteiger partial charge in [-0.1, -0.05) is 0 Å². The minimum Gasteiger partial charge on any atom is -0.370 e. The predicted molar refractivity (Wildman–Crippen MR) is 56.0 cm³/mol. The van der Waals surface area contributed by atoms with Gasteiger partial charge in [0.05, 0.1) is 0 Å². The van der Waals surface area contributed by atoms with E-state index in [1.54, 1.807) is 6.92 Å². The number of benzene rings is 1. The molecule has 0 spiro atoms. The van der Waals surface area contributed by atoms with E-state index < -0.39 is 6.03 Å². The van der Waals surface area contributed by atoms with Crippen LogP contribution in [0.2, 0.25) is 0 Å². The number of rotatable bonds is 1. The summed E-state index contributed by atoms with van der Waals surface area (Å²) in [7, 11) is 0. The smallest absolute Gasteiger partial charge is 0.348 e. The number of nitrogens with two attached hydrogens (primary N) is 2. The number of aryl methyl sites for hydroxylation is 1. The Labute approximate surface area is 86.0 Å². The highest BCUT2D eigenvalue weighted by molar-refractivity contribution is 5.98. The van der Waals surface area contributed by atoms with E-state index in [-0.39, 0.29) is 11.8 Å². The quantitative estimate of drug-likeness (QED) is 0.475. The monoisotopic (exact) mass is 210 g/mol. The third-order valence-corrected chi connectivity index (χ3v) is 1.66. The predicted octanol–water partition coefficient (Wildman–Crippen LogP) is 0.939. The van der Waals surface area contributed by atoms with Crippen LogP contribution in [0.3, 0.4) is 0 Å². The molecule has 0 heterocycles. The molecule has 5 nitrogen and oxygen atoms in total. The van der Waals surface area contributed by atoms with E-state index in [2.05, 4.69) is 10.3 Å². The van der Waals surface area contributed by atoms with Crippen LogP contribution >= 0.6 is 0 Å². The summed E-state index contributed by atoms with van der Waals surface area (Å²) < 4.78 is 12.7. The Morgan fingerprint density at radius 1 is 1.47 bits per heavy atom. The van der Waals surface area contributed by atoms with Gasteiger partial charge in [-0.15, -0.1) is 0 Å².